The molecule has 2 heteroatoms. The number of rotatable bonds is 0. The first-order valence-electron chi connectivity index (χ1n) is 7.14. The number of hydrogen-bond acceptors (Lipinski definition) is 2. The molecule has 4 atom stereocenters. The van der Waals surface area contributed by atoms with Gasteiger partial charge in [0, 0.05) is 12.6 Å². The molecular weight excluding hydrogens is 220 g/mol. The van der Waals surface area contributed by atoms with Crippen molar-refractivity contribution >= 4 is 0 Å². The van der Waals surface area contributed by atoms with Crippen molar-refractivity contribution in [3.8, 4) is 0 Å². The van der Waals surface area contributed by atoms with Crippen molar-refractivity contribution in [3.63, 3.8) is 0 Å². The Kier molecular flexibility index (Phi) is 2.52. The minimum absolute atomic E-state index is 0.682. The summed E-state index contributed by atoms with van der Waals surface area (Å²) in [5.41, 5.74) is 9.94. The molecule has 1 saturated heterocycles. The summed E-state index contributed by atoms with van der Waals surface area (Å²) in [7, 11) is 0. The van der Waals surface area contributed by atoms with Crippen LogP contribution in [-0.4, -0.2) is 12.6 Å². The molecule has 18 heavy (non-hydrogen) atoms. The molecule has 2 N–H and O–H groups in total. The lowest BCUT2D eigenvalue weighted by molar-refractivity contribution is 0.253. The maximum atomic E-state index is 3.45. The second-order valence-electron chi connectivity index (χ2n) is 5.96. The molecule has 94 valence electrons. The maximum absolute atomic E-state index is 3.45. The maximum Gasteiger partial charge on any atom is 0.0259 e. The largest absolute Gasteiger partial charge is 0.257 e. The molecule has 4 unspecified atom stereocenters. The van der Waals surface area contributed by atoms with E-state index in [4.69, 9.17) is 0 Å². The summed E-state index contributed by atoms with van der Waals surface area (Å²) in [5.74, 6) is 2.27. The molecule has 1 saturated carbocycles. The molecule has 2 fully saturated rings. The monoisotopic (exact) mass is 240 g/mol. The van der Waals surface area contributed by atoms with Crippen LogP contribution in [0.3, 0.4) is 0 Å². The number of fused-ring (bicyclic) bond motifs is 4. The lowest BCUT2D eigenvalue weighted by atomic mass is 9.69. The molecule has 2 aliphatic carbocycles. The van der Waals surface area contributed by atoms with Crippen molar-refractivity contribution in [3.05, 3.63) is 47.5 Å². The Bertz CT molecular complexity index is 480. The highest BCUT2D eigenvalue weighted by molar-refractivity contribution is 5.36. The third kappa shape index (κ3) is 1.63. The van der Waals surface area contributed by atoms with Crippen LogP contribution in [0.2, 0.25) is 0 Å². The van der Waals surface area contributed by atoms with Gasteiger partial charge >= 0.3 is 0 Å². The van der Waals surface area contributed by atoms with E-state index in [1.165, 1.54) is 12.8 Å². The van der Waals surface area contributed by atoms with Gasteiger partial charge in [0.25, 0.3) is 0 Å². The highest BCUT2D eigenvalue weighted by Crippen LogP contribution is 2.44. The smallest absolute Gasteiger partial charge is 0.0259 e. The molecular formula is C16H20N2. The Morgan fingerprint density at radius 3 is 3.06 bits per heavy atom. The Labute approximate surface area is 108 Å². The quantitative estimate of drug-likeness (QED) is 0.680. The van der Waals surface area contributed by atoms with Gasteiger partial charge in [-0.1, -0.05) is 36.4 Å². The van der Waals surface area contributed by atoms with Gasteiger partial charge in [0.1, 0.15) is 0 Å². The molecule has 2 nitrogen and oxygen atoms in total. The van der Waals surface area contributed by atoms with E-state index in [2.05, 4.69) is 47.3 Å². The van der Waals surface area contributed by atoms with Gasteiger partial charge in [-0.25, -0.2) is 0 Å². The van der Waals surface area contributed by atoms with Crippen LogP contribution in [0.25, 0.3) is 0 Å². The number of allylic oxidation sites excluding steroid dienone is 2. The summed E-state index contributed by atoms with van der Waals surface area (Å²) in [4.78, 5) is 0. The molecule has 1 aromatic rings. The van der Waals surface area contributed by atoms with Crippen molar-refractivity contribution < 1.29 is 0 Å². The molecule has 3 aliphatic rings. The first-order chi connectivity index (χ1) is 8.92. The van der Waals surface area contributed by atoms with Gasteiger partial charge in [-0.3, -0.25) is 10.9 Å². The van der Waals surface area contributed by atoms with Gasteiger partial charge in [0.2, 0.25) is 0 Å². The van der Waals surface area contributed by atoms with E-state index < -0.39 is 0 Å². The first-order valence-corrected chi connectivity index (χ1v) is 7.14. The summed E-state index contributed by atoms with van der Waals surface area (Å²) in [5, 5.41) is 0. The van der Waals surface area contributed by atoms with E-state index in [1.54, 1.807) is 11.1 Å². The zero-order valence-corrected chi connectivity index (χ0v) is 10.6. The molecule has 0 amide bonds. The van der Waals surface area contributed by atoms with E-state index in [-0.39, 0.29) is 0 Å². The lowest BCUT2D eigenvalue weighted by Gasteiger charge is -2.36. The minimum atomic E-state index is 0.682. The van der Waals surface area contributed by atoms with Crippen molar-refractivity contribution in [1.29, 1.82) is 0 Å². The van der Waals surface area contributed by atoms with Crippen LogP contribution in [0, 0.1) is 11.8 Å². The highest BCUT2D eigenvalue weighted by atomic mass is 15.4. The van der Waals surface area contributed by atoms with Crippen LogP contribution < -0.4 is 10.9 Å². The number of nitrogens with one attached hydrogen (secondary N) is 2. The lowest BCUT2D eigenvalue weighted by Crippen LogP contribution is -2.38. The van der Waals surface area contributed by atoms with Crippen molar-refractivity contribution in [1.82, 2.24) is 10.9 Å². The summed E-state index contributed by atoms with van der Waals surface area (Å²) in [6.45, 7) is 1.14. The van der Waals surface area contributed by atoms with Gasteiger partial charge in [0.05, 0.1) is 0 Å². The average Bonchev–Trinajstić information content (AvgIpc) is 2.78. The van der Waals surface area contributed by atoms with Crippen molar-refractivity contribution in [2.45, 2.75) is 31.2 Å². The zero-order valence-electron chi connectivity index (χ0n) is 10.6. The van der Waals surface area contributed by atoms with Gasteiger partial charge in [-0.2, -0.15) is 0 Å². The van der Waals surface area contributed by atoms with Crippen LogP contribution in [-0.2, 0) is 6.42 Å². The Balaban J connectivity index is 1.73. The third-order valence-electron chi connectivity index (χ3n) is 5.00. The van der Waals surface area contributed by atoms with Crippen LogP contribution >= 0.6 is 0 Å². The summed E-state index contributed by atoms with van der Waals surface area (Å²) in [6, 6.07) is 9.73. The second kappa shape index (κ2) is 4.22. The van der Waals surface area contributed by atoms with E-state index in [9.17, 15) is 0 Å². The van der Waals surface area contributed by atoms with Crippen LogP contribution in [0.1, 0.15) is 29.9 Å². The molecule has 0 bridgehead atoms. The van der Waals surface area contributed by atoms with Crippen LogP contribution in [0.4, 0.5) is 0 Å². The molecule has 1 aromatic carbocycles. The number of hydrogen-bond donors (Lipinski definition) is 2. The van der Waals surface area contributed by atoms with E-state index in [0.29, 0.717) is 6.04 Å². The summed E-state index contributed by atoms with van der Waals surface area (Å²) >= 11 is 0. The standard InChI is InChI=1S/C16H20N2/c1-2-7-14-11(4-1)5-3-6-12-9-16-13(8-15(12)14)10-17-18-16/h1-4,6-7,12-13,15-18H,5,8-10H2. The minimum Gasteiger partial charge on any atom is -0.257 e. The molecule has 4 rings (SSSR count). The molecule has 0 aromatic heterocycles. The van der Waals surface area contributed by atoms with Crippen molar-refractivity contribution in [2.75, 3.05) is 6.54 Å². The predicted molar refractivity (Wildman–Crippen MR) is 73.2 cm³/mol. The van der Waals surface area contributed by atoms with E-state index in [0.717, 1.165) is 30.7 Å². The van der Waals surface area contributed by atoms with Crippen molar-refractivity contribution in [2.24, 2.45) is 11.8 Å². The van der Waals surface area contributed by atoms with Crippen LogP contribution in [0.15, 0.2) is 36.4 Å². The fraction of sp³-hybridized carbons (Fsp3) is 0.500. The fourth-order valence-corrected chi connectivity index (χ4v) is 4.06. The fourth-order valence-electron chi connectivity index (χ4n) is 4.06. The normalized spacial score (nSPS) is 37.6. The summed E-state index contributed by atoms with van der Waals surface area (Å²) in [6.07, 6.45) is 8.58. The Hall–Kier alpha value is -1.12. The highest BCUT2D eigenvalue weighted by Gasteiger charge is 2.40. The van der Waals surface area contributed by atoms with E-state index in [1.807, 2.05) is 0 Å². The Morgan fingerprint density at radius 2 is 2.06 bits per heavy atom. The SMILES string of the molecule is C1=CC2CC3NNCC3CC2c2ccccc2C1. The van der Waals surface area contributed by atoms with Gasteiger partial charge in [0.15, 0.2) is 0 Å². The molecule has 0 radical (unpaired) electrons. The first kappa shape index (κ1) is 10.8. The van der Waals surface area contributed by atoms with Gasteiger partial charge in [-0.05, 0) is 48.1 Å². The summed E-state index contributed by atoms with van der Waals surface area (Å²) < 4.78 is 0. The molecule has 1 aliphatic heterocycles. The van der Waals surface area contributed by atoms with Gasteiger partial charge in [-0.15, -0.1) is 0 Å². The average molecular weight is 240 g/mol. The number of benzene rings is 1. The van der Waals surface area contributed by atoms with Crippen LogP contribution in [0.5, 0.6) is 0 Å². The van der Waals surface area contributed by atoms with Gasteiger partial charge < -0.3 is 0 Å². The number of hydrazine groups is 1. The molecule has 1 heterocycles. The third-order valence-corrected chi connectivity index (χ3v) is 5.00. The second-order valence-corrected chi connectivity index (χ2v) is 5.96. The topological polar surface area (TPSA) is 24.1 Å². The Morgan fingerprint density at radius 1 is 1.11 bits per heavy atom. The van der Waals surface area contributed by atoms with E-state index >= 15 is 0 Å². The predicted octanol–water partition coefficient (Wildman–Crippen LogP) is 2.39. The zero-order chi connectivity index (χ0) is 11.9. The molecule has 0 spiro atoms.